The Morgan fingerprint density at radius 1 is 0.962 bits per heavy atom. The second-order valence-corrected chi connectivity index (χ2v) is 8.20. The highest BCUT2D eigenvalue weighted by Crippen LogP contribution is 2.50. The molecule has 6 atom stereocenters. The molecule has 6 unspecified atom stereocenters. The summed E-state index contributed by atoms with van der Waals surface area (Å²) < 4.78 is 36.4. The van der Waals surface area contributed by atoms with Crippen molar-refractivity contribution in [3.05, 3.63) is 12.2 Å². The monoisotopic (exact) mass is 368 g/mol. The lowest BCUT2D eigenvalue weighted by atomic mass is 9.84. The lowest BCUT2D eigenvalue weighted by Gasteiger charge is -2.41. The van der Waals surface area contributed by atoms with Gasteiger partial charge in [0.15, 0.2) is 17.7 Å². The molecule has 0 aromatic heterocycles. The van der Waals surface area contributed by atoms with Gasteiger partial charge >= 0.3 is 5.97 Å². The largest absolute Gasteiger partial charge is 0.453 e. The van der Waals surface area contributed by atoms with E-state index in [1.807, 2.05) is 13.8 Å². The van der Waals surface area contributed by atoms with Crippen LogP contribution in [0.25, 0.3) is 0 Å². The average molecular weight is 368 g/mol. The zero-order valence-corrected chi connectivity index (χ0v) is 15.9. The fourth-order valence-corrected chi connectivity index (χ4v) is 4.64. The van der Waals surface area contributed by atoms with Gasteiger partial charge in [-0.15, -0.1) is 0 Å². The lowest BCUT2D eigenvalue weighted by molar-refractivity contribution is -0.206. The number of rotatable bonds is 3. The number of fused-ring (bicyclic) bond motifs is 3. The van der Waals surface area contributed by atoms with Crippen molar-refractivity contribution in [1.29, 1.82) is 0 Å². The summed E-state index contributed by atoms with van der Waals surface area (Å²) in [6, 6.07) is 0. The van der Waals surface area contributed by atoms with E-state index in [0.29, 0.717) is 5.57 Å². The van der Waals surface area contributed by atoms with Gasteiger partial charge in [-0.1, -0.05) is 6.58 Å². The van der Waals surface area contributed by atoms with Crippen LogP contribution < -0.4 is 0 Å². The number of esters is 1. The summed E-state index contributed by atoms with van der Waals surface area (Å²) in [4.78, 5) is 12.2. The maximum atomic E-state index is 12.2. The van der Waals surface area contributed by atoms with Gasteiger partial charge in [0.1, 0.15) is 30.5 Å². The second kappa shape index (κ2) is 6.27. The van der Waals surface area contributed by atoms with Crippen molar-refractivity contribution in [2.24, 2.45) is 0 Å². The van der Waals surface area contributed by atoms with Gasteiger partial charge < -0.3 is 28.4 Å². The summed E-state index contributed by atoms with van der Waals surface area (Å²) in [7, 11) is 1.59. The predicted molar refractivity (Wildman–Crippen MR) is 90.3 cm³/mol. The Balaban J connectivity index is 1.67. The summed E-state index contributed by atoms with van der Waals surface area (Å²) >= 11 is 0. The first-order valence-corrected chi connectivity index (χ1v) is 9.36. The number of hydrogen-bond acceptors (Lipinski definition) is 7. The average Bonchev–Trinajstić information content (AvgIpc) is 3.25. The van der Waals surface area contributed by atoms with Crippen molar-refractivity contribution in [3.8, 4) is 0 Å². The van der Waals surface area contributed by atoms with E-state index in [9.17, 15) is 4.79 Å². The SMILES string of the molecule is C=C(C)C(=O)OC1C(OC)C2OC3(CCCC3)OC2C2OC(C)(C)OC12. The fourth-order valence-electron chi connectivity index (χ4n) is 4.64. The molecule has 0 radical (unpaired) electrons. The van der Waals surface area contributed by atoms with E-state index >= 15 is 0 Å². The van der Waals surface area contributed by atoms with Crippen LogP contribution in [0.1, 0.15) is 46.5 Å². The van der Waals surface area contributed by atoms with E-state index < -0.39 is 35.9 Å². The van der Waals surface area contributed by atoms with Gasteiger partial charge in [0.05, 0.1) is 0 Å². The van der Waals surface area contributed by atoms with E-state index in [-0.39, 0.29) is 18.3 Å². The van der Waals surface area contributed by atoms with Crippen LogP contribution in [0.5, 0.6) is 0 Å². The molecule has 4 rings (SSSR count). The van der Waals surface area contributed by atoms with Crippen molar-refractivity contribution in [3.63, 3.8) is 0 Å². The van der Waals surface area contributed by atoms with Crippen LogP contribution in [-0.2, 0) is 33.2 Å². The quantitative estimate of drug-likeness (QED) is 0.558. The van der Waals surface area contributed by atoms with Gasteiger partial charge in [-0.05, 0) is 33.6 Å². The van der Waals surface area contributed by atoms with Crippen molar-refractivity contribution >= 4 is 5.97 Å². The van der Waals surface area contributed by atoms with Crippen LogP contribution in [-0.4, -0.2) is 61.3 Å². The van der Waals surface area contributed by atoms with Gasteiger partial charge in [0, 0.05) is 25.5 Å². The van der Waals surface area contributed by atoms with Crippen LogP contribution in [0.3, 0.4) is 0 Å². The van der Waals surface area contributed by atoms with Crippen LogP contribution in [0.4, 0.5) is 0 Å². The predicted octanol–water partition coefficient (Wildman–Crippen LogP) is 2.08. The third-order valence-electron chi connectivity index (χ3n) is 5.71. The molecule has 2 aliphatic heterocycles. The van der Waals surface area contributed by atoms with E-state index in [0.717, 1.165) is 25.7 Å². The van der Waals surface area contributed by atoms with Gasteiger partial charge in [-0.25, -0.2) is 4.79 Å². The maximum absolute atomic E-state index is 12.2. The summed E-state index contributed by atoms with van der Waals surface area (Å²) in [5.74, 6) is -1.86. The molecule has 0 aromatic rings. The Bertz CT molecular complexity index is 595. The van der Waals surface area contributed by atoms with Gasteiger partial charge in [-0.3, -0.25) is 0 Å². The minimum Gasteiger partial charge on any atom is -0.453 e. The van der Waals surface area contributed by atoms with E-state index in [1.165, 1.54) is 0 Å². The van der Waals surface area contributed by atoms with Gasteiger partial charge in [0.2, 0.25) is 0 Å². The van der Waals surface area contributed by atoms with Gasteiger partial charge in [0.25, 0.3) is 0 Å². The van der Waals surface area contributed by atoms with E-state index in [2.05, 4.69) is 6.58 Å². The standard InChI is InChI=1S/C19H28O7/c1-10(2)17(20)22-12-11(21-5)13-16(15-14(12)23-18(3,4)24-15)26-19(25-13)8-6-7-9-19/h11-16H,1,6-9H2,2-5H3. The first kappa shape index (κ1) is 18.4. The normalized spacial score (nSPS) is 42.5. The molecule has 2 saturated heterocycles. The third-order valence-corrected chi connectivity index (χ3v) is 5.71. The Hall–Kier alpha value is -0.990. The van der Waals surface area contributed by atoms with Crippen LogP contribution >= 0.6 is 0 Å². The Morgan fingerprint density at radius 3 is 2.12 bits per heavy atom. The number of carbonyl (C=O) groups is 1. The molecule has 2 heterocycles. The molecule has 0 bridgehead atoms. The molecule has 4 fully saturated rings. The topological polar surface area (TPSA) is 72.5 Å². The Kier molecular flexibility index (Phi) is 4.44. The highest BCUT2D eigenvalue weighted by atomic mass is 16.8. The number of hydrogen-bond donors (Lipinski definition) is 0. The molecular weight excluding hydrogens is 340 g/mol. The number of methoxy groups -OCH3 is 1. The van der Waals surface area contributed by atoms with Crippen molar-refractivity contribution in [2.75, 3.05) is 7.11 Å². The third kappa shape index (κ3) is 2.90. The maximum Gasteiger partial charge on any atom is 0.333 e. The molecule has 26 heavy (non-hydrogen) atoms. The summed E-state index contributed by atoms with van der Waals surface area (Å²) in [6.07, 6.45) is 1.14. The summed E-state index contributed by atoms with van der Waals surface area (Å²) in [5.41, 5.74) is 0.326. The molecule has 0 N–H and O–H groups in total. The first-order chi connectivity index (χ1) is 12.3. The first-order valence-electron chi connectivity index (χ1n) is 9.36. The molecular formula is C19H28O7. The van der Waals surface area contributed by atoms with Crippen LogP contribution in [0.15, 0.2) is 12.2 Å². The molecule has 2 aliphatic carbocycles. The number of ether oxygens (including phenoxy) is 6. The Labute approximate surface area is 153 Å². The molecule has 7 nitrogen and oxygen atoms in total. The highest BCUT2D eigenvalue weighted by molar-refractivity contribution is 5.87. The minimum absolute atomic E-state index is 0.315. The van der Waals surface area contributed by atoms with E-state index in [4.69, 9.17) is 28.4 Å². The minimum atomic E-state index is -0.800. The van der Waals surface area contributed by atoms with Crippen LogP contribution in [0, 0.1) is 0 Å². The number of carbonyl (C=O) groups excluding carboxylic acids is 1. The second-order valence-electron chi connectivity index (χ2n) is 8.20. The zero-order chi connectivity index (χ0) is 18.7. The van der Waals surface area contributed by atoms with Crippen molar-refractivity contribution < 1.29 is 33.2 Å². The van der Waals surface area contributed by atoms with Crippen molar-refractivity contribution in [1.82, 2.24) is 0 Å². The fraction of sp³-hybridized carbons (Fsp3) is 0.842. The molecule has 146 valence electrons. The van der Waals surface area contributed by atoms with Crippen molar-refractivity contribution in [2.45, 2.75) is 94.7 Å². The smallest absolute Gasteiger partial charge is 0.333 e. The zero-order valence-electron chi connectivity index (χ0n) is 15.9. The van der Waals surface area contributed by atoms with Crippen LogP contribution in [0.2, 0.25) is 0 Å². The van der Waals surface area contributed by atoms with Gasteiger partial charge in [-0.2, -0.15) is 0 Å². The summed E-state index contributed by atoms with van der Waals surface area (Å²) in [5, 5.41) is 0. The molecule has 4 aliphatic rings. The lowest BCUT2D eigenvalue weighted by Crippen LogP contribution is -2.63. The highest BCUT2D eigenvalue weighted by Gasteiger charge is 2.66. The molecule has 7 heteroatoms. The summed E-state index contributed by atoms with van der Waals surface area (Å²) in [6.45, 7) is 8.98. The molecule has 1 spiro atoms. The Morgan fingerprint density at radius 2 is 1.50 bits per heavy atom. The molecule has 2 saturated carbocycles. The molecule has 0 aromatic carbocycles. The molecule has 0 amide bonds. The van der Waals surface area contributed by atoms with E-state index in [1.54, 1.807) is 14.0 Å².